The van der Waals surface area contributed by atoms with Crippen LogP contribution < -0.4 is 0 Å². The molecule has 3 heteroatoms. The first-order valence-electron chi connectivity index (χ1n) is 4.43. The van der Waals surface area contributed by atoms with E-state index in [9.17, 15) is 4.48 Å². The Labute approximate surface area is 76.9 Å². The van der Waals surface area contributed by atoms with E-state index < -0.39 is 0 Å². The normalized spacial score (nSPS) is 24.5. The van der Waals surface area contributed by atoms with Gasteiger partial charge in [-0.1, -0.05) is 30.3 Å². The van der Waals surface area contributed by atoms with Gasteiger partial charge < -0.3 is 4.74 Å². The van der Waals surface area contributed by atoms with Gasteiger partial charge in [-0.15, -0.1) is 9.60 Å². The van der Waals surface area contributed by atoms with Crippen LogP contribution in [0.25, 0.3) is 0 Å². The van der Waals surface area contributed by atoms with Gasteiger partial charge in [-0.25, -0.2) is 0 Å². The maximum Gasteiger partial charge on any atom is 0.0886 e. The van der Waals surface area contributed by atoms with Crippen LogP contribution in [0.2, 0.25) is 0 Å². The lowest BCUT2D eigenvalue weighted by Gasteiger charge is -2.28. The van der Waals surface area contributed by atoms with E-state index in [1.807, 2.05) is 30.3 Å². The van der Waals surface area contributed by atoms with Gasteiger partial charge in [0.2, 0.25) is 0 Å². The van der Waals surface area contributed by atoms with Crippen LogP contribution in [-0.2, 0) is 4.74 Å². The number of rotatable bonds is 1. The Kier molecular flexibility index (Phi) is 2.57. The number of halogens is 1. The third-order valence-corrected chi connectivity index (χ3v) is 2.25. The van der Waals surface area contributed by atoms with Gasteiger partial charge in [0.1, 0.15) is 0 Å². The van der Waals surface area contributed by atoms with Crippen LogP contribution >= 0.6 is 0 Å². The second kappa shape index (κ2) is 3.85. The van der Waals surface area contributed by atoms with Crippen LogP contribution in [0.5, 0.6) is 0 Å². The number of ether oxygens (including phenoxy) is 1. The molecular weight excluding hydrogens is 169 g/mol. The van der Waals surface area contributed by atoms with Crippen molar-refractivity contribution in [2.45, 2.75) is 6.04 Å². The molecule has 1 aromatic rings. The molecule has 0 bridgehead atoms. The zero-order valence-electron chi connectivity index (χ0n) is 7.32. The summed E-state index contributed by atoms with van der Waals surface area (Å²) in [4.78, 5) is 0. The first-order valence-corrected chi connectivity index (χ1v) is 4.43. The number of hydrogen-bond acceptors (Lipinski definition) is 2. The number of benzene rings is 1. The van der Waals surface area contributed by atoms with Crippen molar-refractivity contribution in [2.75, 3.05) is 19.8 Å². The summed E-state index contributed by atoms with van der Waals surface area (Å²) >= 11 is 0. The molecule has 13 heavy (non-hydrogen) atoms. The smallest absolute Gasteiger partial charge is 0.0886 e. The van der Waals surface area contributed by atoms with Crippen molar-refractivity contribution in [3.05, 3.63) is 35.9 Å². The molecule has 0 N–H and O–H groups in total. The van der Waals surface area contributed by atoms with Crippen molar-refractivity contribution in [2.24, 2.45) is 0 Å². The lowest BCUT2D eigenvalue weighted by molar-refractivity contribution is -0.112. The molecule has 1 unspecified atom stereocenters. The summed E-state index contributed by atoms with van der Waals surface area (Å²) in [7, 11) is 0. The van der Waals surface area contributed by atoms with Gasteiger partial charge in [0.25, 0.3) is 0 Å². The van der Waals surface area contributed by atoms with E-state index in [1.165, 1.54) is 0 Å². The molecule has 1 aliphatic rings. The van der Waals surface area contributed by atoms with E-state index in [0.29, 0.717) is 19.8 Å². The monoisotopic (exact) mass is 181 g/mol. The average Bonchev–Trinajstić information content (AvgIpc) is 2.20. The molecule has 1 heterocycles. The Hall–Kier alpha value is -0.930. The first-order chi connectivity index (χ1) is 6.38. The quantitative estimate of drug-likeness (QED) is 0.614. The van der Waals surface area contributed by atoms with E-state index in [-0.39, 0.29) is 6.04 Å². The molecule has 1 saturated heterocycles. The zero-order valence-corrected chi connectivity index (χ0v) is 7.32. The Bertz CT molecular complexity index is 265. The van der Waals surface area contributed by atoms with Gasteiger partial charge in [0, 0.05) is 0 Å². The van der Waals surface area contributed by atoms with E-state index in [1.54, 1.807) is 0 Å². The molecule has 2 nitrogen and oxygen atoms in total. The second-order valence-corrected chi connectivity index (χ2v) is 3.12. The van der Waals surface area contributed by atoms with Crippen LogP contribution in [0, 0.1) is 0 Å². The van der Waals surface area contributed by atoms with E-state index in [2.05, 4.69) is 0 Å². The molecule has 1 atom stereocenters. The fourth-order valence-electron chi connectivity index (χ4n) is 1.52. The molecule has 0 spiro atoms. The van der Waals surface area contributed by atoms with Crippen molar-refractivity contribution >= 4 is 0 Å². The van der Waals surface area contributed by atoms with E-state index in [4.69, 9.17) is 4.74 Å². The van der Waals surface area contributed by atoms with Gasteiger partial charge in [-0.3, -0.25) is 0 Å². The molecule has 2 rings (SSSR count). The van der Waals surface area contributed by atoms with Gasteiger partial charge >= 0.3 is 0 Å². The standard InChI is InChI=1S/C10H12FNO/c11-12-6-7-13-8-10(12)9-4-2-1-3-5-9/h1-5,10H,6-8H2. The van der Waals surface area contributed by atoms with Crippen molar-refractivity contribution in [1.29, 1.82) is 0 Å². The lowest BCUT2D eigenvalue weighted by Crippen LogP contribution is -2.33. The van der Waals surface area contributed by atoms with Gasteiger partial charge in [-0.05, 0) is 5.56 Å². The number of nitrogens with zero attached hydrogens (tertiary/aromatic N) is 1. The van der Waals surface area contributed by atoms with Crippen molar-refractivity contribution in [1.82, 2.24) is 5.12 Å². The highest BCUT2D eigenvalue weighted by atomic mass is 19.2. The highest BCUT2D eigenvalue weighted by molar-refractivity contribution is 5.18. The molecular formula is C10H12FNO. The minimum atomic E-state index is -0.227. The summed E-state index contributed by atoms with van der Waals surface area (Å²) < 4.78 is 18.5. The largest absolute Gasteiger partial charge is 0.378 e. The zero-order chi connectivity index (χ0) is 9.10. The third-order valence-electron chi connectivity index (χ3n) is 2.25. The van der Waals surface area contributed by atoms with E-state index >= 15 is 0 Å². The maximum absolute atomic E-state index is 13.3. The Morgan fingerprint density at radius 3 is 2.77 bits per heavy atom. The van der Waals surface area contributed by atoms with Crippen LogP contribution in [0.15, 0.2) is 30.3 Å². The molecule has 1 aliphatic heterocycles. The molecule has 70 valence electrons. The molecule has 1 fully saturated rings. The Balaban J connectivity index is 2.15. The summed E-state index contributed by atoms with van der Waals surface area (Å²) in [6, 6.07) is 9.37. The molecule has 0 saturated carbocycles. The second-order valence-electron chi connectivity index (χ2n) is 3.12. The fraction of sp³-hybridized carbons (Fsp3) is 0.400. The van der Waals surface area contributed by atoms with Crippen LogP contribution in [0.4, 0.5) is 4.48 Å². The topological polar surface area (TPSA) is 12.5 Å². The minimum absolute atomic E-state index is 0.227. The summed E-state index contributed by atoms with van der Waals surface area (Å²) in [5.74, 6) is 0. The molecule has 0 aliphatic carbocycles. The predicted octanol–water partition coefficient (Wildman–Crippen LogP) is 1.94. The highest BCUT2D eigenvalue weighted by Crippen LogP contribution is 2.23. The molecule has 0 radical (unpaired) electrons. The Morgan fingerprint density at radius 1 is 1.31 bits per heavy atom. The molecule has 1 aromatic carbocycles. The Morgan fingerprint density at radius 2 is 2.08 bits per heavy atom. The highest BCUT2D eigenvalue weighted by Gasteiger charge is 2.23. The number of morpholine rings is 1. The summed E-state index contributed by atoms with van der Waals surface area (Å²) in [6.45, 7) is 1.29. The third kappa shape index (κ3) is 1.87. The van der Waals surface area contributed by atoms with Gasteiger partial charge in [0.05, 0.1) is 25.8 Å². The van der Waals surface area contributed by atoms with Crippen molar-refractivity contribution in [3.63, 3.8) is 0 Å². The SMILES string of the molecule is FN1CCOCC1c1ccccc1. The first kappa shape index (κ1) is 8.66. The number of hydrogen-bond donors (Lipinski definition) is 0. The maximum atomic E-state index is 13.3. The minimum Gasteiger partial charge on any atom is -0.378 e. The molecule has 0 amide bonds. The predicted molar refractivity (Wildman–Crippen MR) is 47.8 cm³/mol. The van der Waals surface area contributed by atoms with Gasteiger partial charge in [-0.2, -0.15) is 0 Å². The summed E-state index contributed by atoms with van der Waals surface area (Å²) in [5, 5.41) is 0.846. The van der Waals surface area contributed by atoms with E-state index in [0.717, 1.165) is 10.7 Å². The fourth-order valence-corrected chi connectivity index (χ4v) is 1.52. The van der Waals surface area contributed by atoms with Gasteiger partial charge in [0.15, 0.2) is 0 Å². The summed E-state index contributed by atoms with van der Waals surface area (Å²) in [5.41, 5.74) is 0.977. The summed E-state index contributed by atoms with van der Waals surface area (Å²) in [6.07, 6.45) is 0. The van der Waals surface area contributed by atoms with Crippen molar-refractivity contribution < 1.29 is 9.22 Å². The van der Waals surface area contributed by atoms with Crippen LogP contribution in [0.3, 0.4) is 0 Å². The molecule has 0 aromatic heterocycles. The van der Waals surface area contributed by atoms with Crippen molar-refractivity contribution in [3.8, 4) is 0 Å². The van der Waals surface area contributed by atoms with Crippen LogP contribution in [-0.4, -0.2) is 24.9 Å². The lowest BCUT2D eigenvalue weighted by atomic mass is 10.1. The van der Waals surface area contributed by atoms with Crippen LogP contribution in [0.1, 0.15) is 11.6 Å². The average molecular weight is 181 g/mol.